The van der Waals surface area contributed by atoms with Crippen molar-refractivity contribution in [2.24, 2.45) is 0 Å². The molecule has 8 heteroatoms. The Kier molecular flexibility index (Phi) is 4.38. The Bertz CT molecular complexity index is 795. The van der Waals surface area contributed by atoms with Crippen molar-refractivity contribution < 1.29 is 27.4 Å². The molecule has 0 aliphatic carbocycles. The molecule has 132 valence electrons. The Labute approximate surface area is 141 Å². The summed E-state index contributed by atoms with van der Waals surface area (Å²) in [5.41, 5.74) is -1.56. The standard InChI is InChI=1S/C17H15F3N2O3/c1-24-14-6-12(7-21-8-14)11-3-2-4-13(5-11)16(17(18,19)20)10-25-9-15(23)22-16/h2-8H,9-10H2,1H3,(H,22,23). The third-order valence-electron chi connectivity index (χ3n) is 4.03. The summed E-state index contributed by atoms with van der Waals surface area (Å²) in [4.78, 5) is 15.6. The molecule has 1 aliphatic heterocycles. The number of nitrogens with one attached hydrogen (secondary N) is 1. The number of alkyl halides is 3. The first-order chi connectivity index (χ1) is 11.9. The van der Waals surface area contributed by atoms with E-state index >= 15 is 0 Å². The first kappa shape index (κ1) is 17.2. The Hall–Kier alpha value is -2.61. The molecule has 5 nitrogen and oxygen atoms in total. The number of ether oxygens (including phenoxy) is 2. The number of benzene rings is 1. The van der Waals surface area contributed by atoms with Gasteiger partial charge in [0.1, 0.15) is 12.4 Å². The number of halogens is 3. The monoisotopic (exact) mass is 352 g/mol. The van der Waals surface area contributed by atoms with Crippen LogP contribution in [0.25, 0.3) is 11.1 Å². The van der Waals surface area contributed by atoms with E-state index in [0.29, 0.717) is 16.9 Å². The third-order valence-corrected chi connectivity index (χ3v) is 4.03. The van der Waals surface area contributed by atoms with E-state index in [1.807, 2.05) is 0 Å². The predicted octanol–water partition coefficient (Wildman–Crippen LogP) is 2.66. The molecule has 1 amide bonds. The van der Waals surface area contributed by atoms with E-state index in [0.717, 1.165) is 0 Å². The summed E-state index contributed by atoms with van der Waals surface area (Å²) in [5, 5.41) is 2.06. The molecule has 2 heterocycles. The van der Waals surface area contributed by atoms with Crippen molar-refractivity contribution >= 4 is 5.91 Å². The molecule has 0 radical (unpaired) electrons. The number of carbonyl (C=O) groups excluding carboxylic acids is 1. The van der Waals surface area contributed by atoms with Gasteiger partial charge in [0.25, 0.3) is 0 Å². The molecule has 0 bridgehead atoms. The molecule has 2 aromatic rings. The summed E-state index contributed by atoms with van der Waals surface area (Å²) in [7, 11) is 1.48. The normalized spacial score (nSPS) is 20.9. The van der Waals surface area contributed by atoms with E-state index in [2.05, 4.69) is 10.3 Å². The number of nitrogens with zero attached hydrogens (tertiary/aromatic N) is 1. The van der Waals surface area contributed by atoms with Crippen LogP contribution < -0.4 is 10.1 Å². The Morgan fingerprint density at radius 3 is 2.72 bits per heavy atom. The van der Waals surface area contributed by atoms with E-state index in [4.69, 9.17) is 9.47 Å². The SMILES string of the molecule is COc1cncc(-c2cccc(C3(C(F)(F)F)COCC(=O)N3)c2)c1. The van der Waals surface area contributed by atoms with Crippen LogP contribution in [0.3, 0.4) is 0 Å². The quantitative estimate of drug-likeness (QED) is 0.923. The topological polar surface area (TPSA) is 60.5 Å². The molecular formula is C17H15F3N2O3. The van der Waals surface area contributed by atoms with Gasteiger partial charge in [-0.2, -0.15) is 13.2 Å². The largest absolute Gasteiger partial charge is 0.495 e. The van der Waals surface area contributed by atoms with Crippen molar-refractivity contribution in [1.82, 2.24) is 10.3 Å². The molecule has 1 aromatic heterocycles. The zero-order valence-electron chi connectivity index (χ0n) is 13.3. The molecule has 0 spiro atoms. The fourth-order valence-corrected chi connectivity index (χ4v) is 2.73. The minimum Gasteiger partial charge on any atom is -0.495 e. The van der Waals surface area contributed by atoms with Crippen LogP contribution in [-0.2, 0) is 15.1 Å². The number of carbonyl (C=O) groups is 1. The molecule has 1 aliphatic rings. The first-order valence-electron chi connectivity index (χ1n) is 7.41. The van der Waals surface area contributed by atoms with Gasteiger partial charge in [-0.1, -0.05) is 18.2 Å². The molecule has 1 N–H and O–H groups in total. The van der Waals surface area contributed by atoms with Crippen LogP contribution in [0.2, 0.25) is 0 Å². The Balaban J connectivity index is 2.08. The Morgan fingerprint density at radius 1 is 1.24 bits per heavy atom. The zero-order chi connectivity index (χ0) is 18.1. The van der Waals surface area contributed by atoms with E-state index in [-0.39, 0.29) is 5.56 Å². The second-order valence-corrected chi connectivity index (χ2v) is 5.64. The number of hydrogen-bond donors (Lipinski definition) is 1. The van der Waals surface area contributed by atoms with Crippen molar-refractivity contribution in [3.63, 3.8) is 0 Å². The summed E-state index contributed by atoms with van der Waals surface area (Å²) >= 11 is 0. The van der Waals surface area contributed by atoms with Crippen LogP contribution in [0.4, 0.5) is 13.2 Å². The summed E-state index contributed by atoms with van der Waals surface area (Å²) < 4.78 is 51.3. The number of aromatic nitrogens is 1. The van der Waals surface area contributed by atoms with Crippen molar-refractivity contribution in [1.29, 1.82) is 0 Å². The highest BCUT2D eigenvalue weighted by molar-refractivity contribution is 5.79. The fourth-order valence-electron chi connectivity index (χ4n) is 2.73. The molecular weight excluding hydrogens is 337 g/mol. The van der Waals surface area contributed by atoms with Gasteiger partial charge >= 0.3 is 6.18 Å². The van der Waals surface area contributed by atoms with Crippen LogP contribution in [0.5, 0.6) is 5.75 Å². The van der Waals surface area contributed by atoms with Gasteiger partial charge in [0, 0.05) is 11.8 Å². The van der Waals surface area contributed by atoms with Gasteiger partial charge in [0.15, 0.2) is 5.54 Å². The smallest absolute Gasteiger partial charge is 0.418 e. The molecule has 0 saturated carbocycles. The maximum absolute atomic E-state index is 13.8. The van der Waals surface area contributed by atoms with Crippen LogP contribution >= 0.6 is 0 Å². The predicted molar refractivity (Wildman–Crippen MR) is 82.9 cm³/mol. The summed E-state index contributed by atoms with van der Waals surface area (Å²) in [6, 6.07) is 7.52. The lowest BCUT2D eigenvalue weighted by atomic mass is 9.87. The van der Waals surface area contributed by atoms with Crippen molar-refractivity contribution in [3.8, 4) is 16.9 Å². The third kappa shape index (κ3) is 3.17. The fraction of sp³-hybridized carbons (Fsp3) is 0.294. The minimum atomic E-state index is -4.71. The van der Waals surface area contributed by atoms with E-state index in [1.165, 1.54) is 37.7 Å². The van der Waals surface area contributed by atoms with Gasteiger partial charge in [-0.25, -0.2) is 0 Å². The molecule has 1 atom stereocenters. The number of rotatable bonds is 3. The number of amides is 1. The number of pyridine rings is 1. The van der Waals surface area contributed by atoms with Gasteiger partial charge < -0.3 is 14.8 Å². The van der Waals surface area contributed by atoms with Gasteiger partial charge in [-0.15, -0.1) is 0 Å². The van der Waals surface area contributed by atoms with E-state index < -0.39 is 30.8 Å². The van der Waals surface area contributed by atoms with Gasteiger partial charge in [-0.05, 0) is 23.3 Å². The first-order valence-corrected chi connectivity index (χ1v) is 7.41. The van der Waals surface area contributed by atoms with E-state index in [9.17, 15) is 18.0 Å². The van der Waals surface area contributed by atoms with Crippen molar-refractivity contribution in [3.05, 3.63) is 48.3 Å². The molecule has 3 rings (SSSR count). The molecule has 25 heavy (non-hydrogen) atoms. The van der Waals surface area contributed by atoms with Crippen LogP contribution in [0.1, 0.15) is 5.56 Å². The molecule has 1 unspecified atom stereocenters. The lowest BCUT2D eigenvalue weighted by Gasteiger charge is -2.39. The van der Waals surface area contributed by atoms with Crippen LogP contribution in [0.15, 0.2) is 42.7 Å². The Morgan fingerprint density at radius 2 is 2.04 bits per heavy atom. The highest BCUT2D eigenvalue weighted by Gasteiger charge is 2.58. The maximum Gasteiger partial charge on any atom is 0.418 e. The van der Waals surface area contributed by atoms with Gasteiger partial charge in [-0.3, -0.25) is 9.78 Å². The number of methoxy groups -OCH3 is 1. The molecule has 1 aromatic carbocycles. The van der Waals surface area contributed by atoms with Crippen molar-refractivity contribution in [2.45, 2.75) is 11.7 Å². The zero-order valence-corrected chi connectivity index (χ0v) is 13.3. The average molecular weight is 352 g/mol. The lowest BCUT2D eigenvalue weighted by Crippen LogP contribution is -2.62. The average Bonchev–Trinajstić information content (AvgIpc) is 2.61. The van der Waals surface area contributed by atoms with Gasteiger partial charge in [0.2, 0.25) is 5.91 Å². The molecule has 1 saturated heterocycles. The van der Waals surface area contributed by atoms with Gasteiger partial charge in [0.05, 0.1) is 19.9 Å². The van der Waals surface area contributed by atoms with Crippen LogP contribution in [-0.4, -0.2) is 37.4 Å². The highest BCUT2D eigenvalue weighted by atomic mass is 19.4. The number of hydrogen-bond acceptors (Lipinski definition) is 4. The molecule has 1 fully saturated rings. The lowest BCUT2D eigenvalue weighted by molar-refractivity contribution is -0.226. The van der Waals surface area contributed by atoms with E-state index in [1.54, 1.807) is 12.1 Å². The second-order valence-electron chi connectivity index (χ2n) is 5.64. The summed E-state index contributed by atoms with van der Waals surface area (Å²) in [6.07, 6.45) is -1.69. The second kappa shape index (κ2) is 6.36. The summed E-state index contributed by atoms with van der Waals surface area (Å²) in [6.45, 7) is -1.07. The van der Waals surface area contributed by atoms with Crippen molar-refractivity contribution in [2.75, 3.05) is 20.3 Å². The maximum atomic E-state index is 13.8. The summed E-state index contributed by atoms with van der Waals surface area (Å²) in [5.74, 6) is -0.320. The highest BCUT2D eigenvalue weighted by Crippen LogP contribution is 2.41. The minimum absolute atomic E-state index is 0.103. The van der Waals surface area contributed by atoms with Crippen LogP contribution in [0, 0.1) is 0 Å². The number of morpholine rings is 1.